The van der Waals surface area contributed by atoms with Gasteiger partial charge in [-0.05, 0) is 12.8 Å². The van der Waals surface area contributed by atoms with Crippen LogP contribution in [0.4, 0.5) is 0 Å². The van der Waals surface area contributed by atoms with Gasteiger partial charge < -0.3 is 4.74 Å². The molecule has 0 atom stereocenters. The summed E-state index contributed by atoms with van der Waals surface area (Å²) < 4.78 is 5.72. The van der Waals surface area contributed by atoms with E-state index in [0.717, 1.165) is 13.2 Å². The van der Waals surface area contributed by atoms with Gasteiger partial charge >= 0.3 is 0 Å². The minimum atomic E-state index is 0.992. The van der Waals surface area contributed by atoms with Crippen molar-refractivity contribution in [2.45, 2.75) is 117 Å². The van der Waals surface area contributed by atoms with Crippen LogP contribution in [0.3, 0.4) is 0 Å². The van der Waals surface area contributed by atoms with Crippen LogP contribution in [0.2, 0.25) is 0 Å². The van der Waals surface area contributed by atoms with Crippen molar-refractivity contribution in [1.29, 1.82) is 0 Å². The van der Waals surface area contributed by atoms with Crippen molar-refractivity contribution in [2.24, 2.45) is 0 Å². The van der Waals surface area contributed by atoms with E-state index in [1.54, 1.807) is 0 Å². The van der Waals surface area contributed by atoms with Crippen LogP contribution >= 0.6 is 0 Å². The van der Waals surface area contributed by atoms with Crippen LogP contribution in [-0.2, 0) is 4.74 Å². The fourth-order valence-corrected chi connectivity index (χ4v) is 2.78. The molecule has 0 aliphatic carbocycles. The van der Waals surface area contributed by atoms with Crippen LogP contribution < -0.4 is 0 Å². The van der Waals surface area contributed by atoms with Crippen molar-refractivity contribution < 1.29 is 4.74 Å². The predicted octanol–water partition coefficient (Wildman–Crippen LogP) is 8.09. The summed E-state index contributed by atoms with van der Waals surface area (Å²) in [5, 5.41) is 0. The maximum Gasteiger partial charge on any atom is 0.0466 e. The zero-order valence-corrected chi connectivity index (χ0v) is 16.6. The Morgan fingerprint density at radius 1 is 0.435 bits per heavy atom. The first-order valence-corrected chi connectivity index (χ1v) is 10.5. The summed E-state index contributed by atoms with van der Waals surface area (Å²) >= 11 is 0. The van der Waals surface area contributed by atoms with E-state index < -0.39 is 0 Å². The molecule has 0 aliphatic heterocycles. The van der Waals surface area contributed by atoms with Crippen LogP contribution in [-0.4, -0.2) is 13.2 Å². The largest absolute Gasteiger partial charge is 0.381 e. The standard InChI is InChI=1S/C20H42O.C2H4/c1-3-5-7-9-11-13-15-17-19-21-20-18-16-14-12-10-8-6-4-2;1-2/h3-20H2,1-2H3;1-2H2. The smallest absolute Gasteiger partial charge is 0.0466 e. The predicted molar refractivity (Wildman–Crippen MR) is 107 cm³/mol. The minimum absolute atomic E-state index is 0.992. The maximum atomic E-state index is 5.72. The van der Waals surface area contributed by atoms with E-state index >= 15 is 0 Å². The molecule has 0 aromatic rings. The average Bonchev–Trinajstić information content (AvgIpc) is 2.59. The Morgan fingerprint density at radius 2 is 0.696 bits per heavy atom. The molecule has 0 spiro atoms. The second-order valence-corrected chi connectivity index (χ2v) is 6.56. The van der Waals surface area contributed by atoms with Crippen LogP contribution in [0.15, 0.2) is 13.2 Å². The Hall–Kier alpha value is -0.300. The lowest BCUT2D eigenvalue weighted by Crippen LogP contribution is -1.97. The molecular formula is C22H46O. The molecule has 0 fully saturated rings. The Balaban J connectivity index is 0. The lowest BCUT2D eigenvalue weighted by Gasteiger charge is -2.05. The summed E-state index contributed by atoms with van der Waals surface area (Å²) in [4.78, 5) is 0. The molecule has 1 nitrogen and oxygen atoms in total. The summed E-state index contributed by atoms with van der Waals surface area (Å²) in [5.74, 6) is 0. The van der Waals surface area contributed by atoms with Gasteiger partial charge in [0.1, 0.15) is 0 Å². The van der Waals surface area contributed by atoms with Gasteiger partial charge in [-0.15, -0.1) is 13.2 Å². The molecule has 0 N–H and O–H groups in total. The molecule has 0 aromatic carbocycles. The van der Waals surface area contributed by atoms with Gasteiger partial charge in [-0.2, -0.15) is 0 Å². The quantitative estimate of drug-likeness (QED) is 0.183. The first kappa shape index (κ1) is 24.9. The summed E-state index contributed by atoms with van der Waals surface area (Å²) in [6.07, 6.45) is 22.2. The van der Waals surface area contributed by atoms with Gasteiger partial charge in [0.25, 0.3) is 0 Å². The molecule has 0 saturated carbocycles. The van der Waals surface area contributed by atoms with Crippen LogP contribution in [0.25, 0.3) is 0 Å². The van der Waals surface area contributed by atoms with E-state index in [9.17, 15) is 0 Å². The topological polar surface area (TPSA) is 9.23 Å². The molecule has 140 valence electrons. The summed E-state index contributed by atoms with van der Waals surface area (Å²) in [7, 11) is 0. The molecule has 0 amide bonds. The first-order valence-electron chi connectivity index (χ1n) is 10.5. The van der Waals surface area contributed by atoms with Crippen molar-refractivity contribution in [3.05, 3.63) is 13.2 Å². The van der Waals surface area contributed by atoms with E-state index in [2.05, 4.69) is 27.0 Å². The van der Waals surface area contributed by atoms with Crippen molar-refractivity contribution in [1.82, 2.24) is 0 Å². The molecular weight excluding hydrogens is 280 g/mol. The summed E-state index contributed by atoms with van der Waals surface area (Å²) in [5.41, 5.74) is 0. The minimum Gasteiger partial charge on any atom is -0.381 e. The highest BCUT2D eigenvalue weighted by atomic mass is 16.5. The van der Waals surface area contributed by atoms with Gasteiger partial charge in [0.15, 0.2) is 0 Å². The lowest BCUT2D eigenvalue weighted by atomic mass is 10.1. The third-order valence-corrected chi connectivity index (χ3v) is 4.28. The summed E-state index contributed by atoms with van der Waals surface area (Å²) in [6.45, 7) is 12.5. The molecule has 0 aliphatic rings. The van der Waals surface area contributed by atoms with Crippen LogP contribution in [0.5, 0.6) is 0 Å². The number of rotatable bonds is 18. The fraction of sp³-hybridized carbons (Fsp3) is 0.909. The highest BCUT2D eigenvalue weighted by Gasteiger charge is 1.94. The molecule has 23 heavy (non-hydrogen) atoms. The van der Waals surface area contributed by atoms with Crippen molar-refractivity contribution in [2.75, 3.05) is 13.2 Å². The van der Waals surface area contributed by atoms with Gasteiger partial charge in [0.05, 0.1) is 0 Å². The van der Waals surface area contributed by atoms with E-state index in [1.807, 2.05) is 0 Å². The highest BCUT2D eigenvalue weighted by molar-refractivity contribution is 4.47. The van der Waals surface area contributed by atoms with E-state index in [4.69, 9.17) is 4.74 Å². The van der Waals surface area contributed by atoms with E-state index in [0.29, 0.717) is 0 Å². The molecule has 0 rings (SSSR count). The maximum absolute atomic E-state index is 5.72. The Labute approximate surface area is 148 Å². The monoisotopic (exact) mass is 326 g/mol. The van der Waals surface area contributed by atoms with Crippen LogP contribution in [0.1, 0.15) is 117 Å². The van der Waals surface area contributed by atoms with Gasteiger partial charge in [-0.1, -0.05) is 104 Å². The van der Waals surface area contributed by atoms with Gasteiger partial charge in [-0.25, -0.2) is 0 Å². The highest BCUT2D eigenvalue weighted by Crippen LogP contribution is 2.10. The average molecular weight is 327 g/mol. The number of unbranched alkanes of at least 4 members (excludes halogenated alkanes) is 14. The molecule has 0 radical (unpaired) electrons. The Kier molecular flexibility index (Phi) is 28.8. The van der Waals surface area contributed by atoms with Crippen molar-refractivity contribution in [3.8, 4) is 0 Å². The zero-order valence-electron chi connectivity index (χ0n) is 16.6. The van der Waals surface area contributed by atoms with Crippen molar-refractivity contribution in [3.63, 3.8) is 0 Å². The van der Waals surface area contributed by atoms with Gasteiger partial charge in [0, 0.05) is 13.2 Å². The van der Waals surface area contributed by atoms with Gasteiger partial charge in [0.2, 0.25) is 0 Å². The third-order valence-electron chi connectivity index (χ3n) is 4.28. The molecule has 0 aromatic heterocycles. The Bertz CT molecular complexity index is 161. The second-order valence-electron chi connectivity index (χ2n) is 6.56. The third kappa shape index (κ3) is 26.9. The number of hydrogen-bond donors (Lipinski definition) is 0. The molecule has 0 saturated heterocycles. The molecule has 0 heterocycles. The van der Waals surface area contributed by atoms with Crippen molar-refractivity contribution >= 4 is 0 Å². The van der Waals surface area contributed by atoms with E-state index in [-0.39, 0.29) is 0 Å². The lowest BCUT2D eigenvalue weighted by molar-refractivity contribution is 0.125. The molecule has 0 unspecified atom stereocenters. The second kappa shape index (κ2) is 26.6. The zero-order chi connectivity index (χ0) is 17.4. The molecule has 1 heteroatoms. The fourth-order valence-electron chi connectivity index (χ4n) is 2.78. The van der Waals surface area contributed by atoms with Gasteiger partial charge in [-0.3, -0.25) is 0 Å². The van der Waals surface area contributed by atoms with E-state index in [1.165, 1.54) is 103 Å². The normalized spacial score (nSPS) is 10.3. The summed E-state index contributed by atoms with van der Waals surface area (Å²) in [6, 6.07) is 0. The SMILES string of the molecule is C=C.CCCCCCCCCCOCCCCCCCCCC. The molecule has 0 bridgehead atoms. The number of ether oxygens (including phenoxy) is 1. The van der Waals surface area contributed by atoms with Crippen LogP contribution in [0, 0.1) is 0 Å². The Morgan fingerprint density at radius 3 is 1.00 bits per heavy atom. The number of hydrogen-bond acceptors (Lipinski definition) is 1. The first-order chi connectivity index (χ1) is 11.4.